The van der Waals surface area contributed by atoms with Crippen molar-refractivity contribution in [3.05, 3.63) is 115 Å². The summed E-state index contributed by atoms with van der Waals surface area (Å²) < 4.78 is 29.7. The van der Waals surface area contributed by atoms with Crippen LogP contribution < -0.4 is 14.4 Å². The third kappa shape index (κ3) is 8.28. The number of amides is 1. The van der Waals surface area contributed by atoms with E-state index in [9.17, 15) is 8.53 Å². The molecule has 0 heterocycles. The minimum Gasteiger partial charge on any atom is -0.489 e. The number of hydrogen-bond acceptors (Lipinski definition) is 5. The molecule has 35 heavy (non-hydrogen) atoms. The van der Waals surface area contributed by atoms with Crippen molar-refractivity contribution in [1.82, 2.24) is 0 Å². The summed E-state index contributed by atoms with van der Waals surface area (Å²) in [5.74, 6) is 0.661. The van der Waals surface area contributed by atoms with Crippen molar-refractivity contribution in [1.29, 1.82) is 0 Å². The van der Waals surface area contributed by atoms with Gasteiger partial charge in [0.25, 0.3) is 0 Å². The number of nitrogens with one attached hydrogen (secondary N) is 1. The Morgan fingerprint density at radius 3 is 2.03 bits per heavy atom. The van der Waals surface area contributed by atoms with Gasteiger partial charge in [0, 0.05) is 0 Å². The van der Waals surface area contributed by atoms with Crippen LogP contribution in [0.25, 0.3) is 11.1 Å². The molecule has 1 amide bonds. The molecule has 0 fully saturated rings. The van der Waals surface area contributed by atoms with Gasteiger partial charge >= 0.3 is 88.4 Å². The van der Waals surface area contributed by atoms with Gasteiger partial charge in [-0.1, -0.05) is 72.8 Å². The third-order valence-electron chi connectivity index (χ3n) is 4.81. The summed E-state index contributed by atoms with van der Waals surface area (Å²) in [6, 6.07) is 34.3. The zero-order valence-corrected chi connectivity index (χ0v) is 21.0. The molecule has 1 unspecified atom stereocenters. The van der Waals surface area contributed by atoms with E-state index in [-0.39, 0.29) is 10.3 Å². The molecule has 0 radical (unpaired) electrons. The maximum atomic E-state index is 11.2. The molecule has 180 valence electrons. The molecule has 7 nitrogen and oxygen atoms in total. The molecule has 0 aliphatic heterocycles. The average molecular weight is 535 g/mol. The normalized spacial score (nSPS) is 12.0. The number of carbonyl (C=O) groups excluding carboxylic acids is 1. The Balaban J connectivity index is 0.000000205. The van der Waals surface area contributed by atoms with Gasteiger partial charge in [-0.3, -0.25) is 0 Å². The van der Waals surface area contributed by atoms with E-state index < -0.39 is 14.2 Å². The molecule has 1 atom stereocenters. The van der Waals surface area contributed by atoms with Gasteiger partial charge < -0.3 is 4.74 Å². The van der Waals surface area contributed by atoms with Crippen molar-refractivity contribution in [2.45, 2.75) is 13.5 Å². The van der Waals surface area contributed by atoms with E-state index in [1.54, 1.807) is 0 Å². The smallest absolute Gasteiger partial charge is 0.120 e. The first-order chi connectivity index (χ1) is 16.9. The molecular formula is C27H26AsNO6. The first-order valence-electron chi connectivity index (χ1n) is 10.7. The van der Waals surface area contributed by atoms with Gasteiger partial charge in [-0.2, -0.15) is 0 Å². The Kier molecular flexibility index (Phi) is 9.46. The van der Waals surface area contributed by atoms with E-state index in [1.165, 1.54) is 47.9 Å². The summed E-state index contributed by atoms with van der Waals surface area (Å²) in [4.78, 5) is 10.7. The SMILES string of the molecule is CC(=O)Nc1ccc([As](=O)(O)OO)cc1.c1ccc(COc2cccc(-c3ccccc3)c2)cc1. The topological polar surface area (TPSA) is 105 Å². The van der Waals surface area contributed by atoms with Crippen LogP contribution in [0.2, 0.25) is 0 Å². The fourth-order valence-electron chi connectivity index (χ4n) is 3.12. The minimum absolute atomic E-state index is 0.00438. The first kappa shape index (κ1) is 26.0. The second-order valence-electron chi connectivity index (χ2n) is 7.50. The number of ether oxygens (including phenoxy) is 1. The zero-order chi connectivity index (χ0) is 25.1. The number of anilines is 1. The van der Waals surface area contributed by atoms with Crippen LogP contribution in [0.4, 0.5) is 5.69 Å². The van der Waals surface area contributed by atoms with Crippen LogP contribution in [0.1, 0.15) is 12.5 Å². The number of hydrogen-bond donors (Lipinski definition) is 3. The quantitative estimate of drug-likeness (QED) is 0.181. The van der Waals surface area contributed by atoms with Crippen LogP contribution in [0, 0.1) is 0 Å². The molecule has 4 aromatic carbocycles. The van der Waals surface area contributed by atoms with Gasteiger partial charge in [0.2, 0.25) is 0 Å². The molecular weight excluding hydrogens is 509 g/mol. The maximum absolute atomic E-state index is 11.2. The summed E-state index contributed by atoms with van der Waals surface area (Å²) >= 11 is -4.76. The van der Waals surface area contributed by atoms with E-state index in [2.05, 4.69) is 45.6 Å². The molecule has 0 saturated heterocycles. The molecule has 4 aromatic rings. The van der Waals surface area contributed by atoms with Crippen molar-refractivity contribution in [3.8, 4) is 16.9 Å². The van der Waals surface area contributed by atoms with Crippen molar-refractivity contribution >= 4 is 30.1 Å². The van der Waals surface area contributed by atoms with Gasteiger partial charge in [-0.15, -0.1) is 0 Å². The number of carbonyl (C=O) groups is 1. The Morgan fingerprint density at radius 1 is 0.829 bits per heavy atom. The van der Waals surface area contributed by atoms with Crippen LogP contribution in [0.5, 0.6) is 5.75 Å². The molecule has 3 N–H and O–H groups in total. The molecule has 0 aliphatic rings. The number of benzene rings is 4. The molecule has 0 spiro atoms. The monoisotopic (exact) mass is 535 g/mol. The van der Waals surface area contributed by atoms with Crippen molar-refractivity contribution in [2.75, 3.05) is 5.32 Å². The van der Waals surface area contributed by atoms with E-state index in [0.717, 1.165) is 5.75 Å². The fraction of sp³-hybridized carbons (Fsp3) is 0.0741. The van der Waals surface area contributed by atoms with Gasteiger partial charge in [0.05, 0.1) is 0 Å². The van der Waals surface area contributed by atoms with Gasteiger partial charge in [0.15, 0.2) is 0 Å². The van der Waals surface area contributed by atoms with E-state index >= 15 is 0 Å². The summed E-state index contributed by atoms with van der Waals surface area (Å²) in [5, 5.41) is 10.7. The standard InChI is InChI=1S/C19H16O.C8H10AsNO5/c1-3-8-16(9-4-1)15-20-19-13-7-12-18(14-19)17-10-5-2-6-11-17;1-6(11)10-8-4-2-7(3-5-8)9(12,13)15-14/h1-14H,15H2;2-5,14H,1H3,(H,10,11)(H,12,13). The molecule has 0 saturated carbocycles. The van der Waals surface area contributed by atoms with Crippen molar-refractivity contribution in [2.24, 2.45) is 0 Å². The predicted molar refractivity (Wildman–Crippen MR) is 135 cm³/mol. The van der Waals surface area contributed by atoms with Crippen LogP contribution >= 0.6 is 0 Å². The third-order valence-corrected chi connectivity index (χ3v) is 7.27. The second-order valence-corrected chi connectivity index (χ2v) is 11.1. The molecule has 0 aromatic heterocycles. The minimum atomic E-state index is -4.76. The molecule has 0 aliphatic carbocycles. The van der Waals surface area contributed by atoms with Crippen LogP contribution in [0.3, 0.4) is 0 Å². The van der Waals surface area contributed by atoms with E-state index in [0.29, 0.717) is 12.3 Å². The average Bonchev–Trinajstić information content (AvgIpc) is 2.89. The van der Waals surface area contributed by atoms with Crippen molar-refractivity contribution in [3.63, 3.8) is 0 Å². The first-order valence-corrected chi connectivity index (χ1v) is 14.0. The van der Waals surface area contributed by atoms with E-state index in [1.807, 2.05) is 48.5 Å². The van der Waals surface area contributed by atoms with Crippen LogP contribution in [0.15, 0.2) is 109 Å². The fourth-order valence-corrected chi connectivity index (χ4v) is 4.42. The number of rotatable bonds is 7. The Morgan fingerprint density at radius 2 is 1.43 bits per heavy atom. The van der Waals surface area contributed by atoms with Gasteiger partial charge in [0.1, 0.15) is 12.4 Å². The van der Waals surface area contributed by atoms with Crippen LogP contribution in [-0.2, 0) is 19.0 Å². The summed E-state index contributed by atoms with van der Waals surface area (Å²) in [6.45, 7) is 1.95. The van der Waals surface area contributed by atoms with Crippen molar-refractivity contribution < 1.29 is 26.5 Å². The molecule has 8 heteroatoms. The van der Waals surface area contributed by atoms with Gasteiger partial charge in [-0.25, -0.2) is 0 Å². The second kappa shape index (κ2) is 12.7. The molecule has 4 rings (SSSR count). The van der Waals surface area contributed by atoms with Crippen LogP contribution in [-0.4, -0.2) is 29.4 Å². The Bertz CT molecular complexity index is 1260. The largest absolute Gasteiger partial charge is 0.489 e. The Hall–Kier alpha value is -3.61. The van der Waals surface area contributed by atoms with Gasteiger partial charge in [-0.05, 0) is 28.8 Å². The molecule has 0 bridgehead atoms. The zero-order valence-electron chi connectivity index (χ0n) is 19.1. The summed E-state index contributed by atoms with van der Waals surface area (Å²) in [6.07, 6.45) is 0. The Labute approximate surface area is 206 Å². The maximum Gasteiger partial charge on any atom is 0.120 e. The summed E-state index contributed by atoms with van der Waals surface area (Å²) in [7, 11) is 0. The van der Waals surface area contributed by atoms with E-state index in [4.69, 9.17) is 14.1 Å². The summed E-state index contributed by atoms with van der Waals surface area (Å²) in [5.41, 5.74) is 4.06. The predicted octanol–water partition coefficient (Wildman–Crippen LogP) is 4.64.